The van der Waals surface area contributed by atoms with E-state index < -0.39 is 0 Å². The van der Waals surface area contributed by atoms with Crippen LogP contribution < -0.4 is 11.3 Å². The van der Waals surface area contributed by atoms with Crippen molar-refractivity contribution in [1.29, 1.82) is 0 Å². The maximum atomic E-state index is 5.70. The van der Waals surface area contributed by atoms with Gasteiger partial charge in [0.05, 0.1) is 24.0 Å². The number of aromatic nitrogens is 3. The Hall–Kier alpha value is -0.980. The minimum atomic E-state index is -0.0695. The highest BCUT2D eigenvalue weighted by atomic mass is 16.5. The monoisotopic (exact) mass is 227 g/mol. The van der Waals surface area contributed by atoms with Crippen LogP contribution in [0.5, 0.6) is 0 Å². The molecule has 92 valence electrons. The molecule has 0 aliphatic heterocycles. The zero-order chi connectivity index (χ0) is 12.0. The van der Waals surface area contributed by atoms with Gasteiger partial charge in [0.1, 0.15) is 0 Å². The third-order valence-electron chi connectivity index (χ3n) is 2.57. The highest BCUT2D eigenvalue weighted by Gasteiger charge is 2.24. The largest absolute Gasteiger partial charge is 0.376 e. The summed E-state index contributed by atoms with van der Waals surface area (Å²) in [6, 6.07) is -0.0695. The smallest absolute Gasteiger partial charge is 0.0906 e. The van der Waals surface area contributed by atoms with Crippen LogP contribution in [-0.2, 0) is 11.8 Å². The molecule has 2 atom stereocenters. The first-order valence-electron chi connectivity index (χ1n) is 5.66. The van der Waals surface area contributed by atoms with Crippen LogP contribution >= 0.6 is 0 Å². The number of hydrazine groups is 1. The Morgan fingerprint density at radius 1 is 1.56 bits per heavy atom. The summed E-state index contributed by atoms with van der Waals surface area (Å²) in [5.74, 6) is 5.60. The van der Waals surface area contributed by atoms with Crippen molar-refractivity contribution in [3.63, 3.8) is 0 Å². The third kappa shape index (κ3) is 3.01. The van der Waals surface area contributed by atoms with Crippen molar-refractivity contribution in [2.75, 3.05) is 6.61 Å². The van der Waals surface area contributed by atoms with Gasteiger partial charge < -0.3 is 4.74 Å². The van der Waals surface area contributed by atoms with Gasteiger partial charge >= 0.3 is 0 Å². The second-order valence-electron chi connectivity index (χ2n) is 3.71. The Labute approximate surface area is 96.1 Å². The second kappa shape index (κ2) is 6.57. The van der Waals surface area contributed by atoms with Crippen LogP contribution in [-0.4, -0.2) is 27.7 Å². The van der Waals surface area contributed by atoms with Gasteiger partial charge in [-0.1, -0.05) is 18.6 Å². The van der Waals surface area contributed by atoms with Gasteiger partial charge in [0, 0.05) is 13.7 Å². The Morgan fingerprint density at radius 3 is 2.75 bits per heavy atom. The molecule has 0 fully saturated rings. The van der Waals surface area contributed by atoms with Gasteiger partial charge in [0.25, 0.3) is 0 Å². The molecule has 0 aliphatic carbocycles. The van der Waals surface area contributed by atoms with Gasteiger partial charge in [-0.05, 0) is 13.3 Å². The third-order valence-corrected chi connectivity index (χ3v) is 2.57. The molecule has 1 heterocycles. The number of nitrogens with zero attached hydrogens (tertiary/aromatic N) is 3. The van der Waals surface area contributed by atoms with Gasteiger partial charge in [-0.2, -0.15) is 0 Å². The molecule has 0 spiro atoms. The van der Waals surface area contributed by atoms with Crippen molar-refractivity contribution < 1.29 is 4.74 Å². The van der Waals surface area contributed by atoms with E-state index in [0.717, 1.165) is 18.5 Å². The molecular weight excluding hydrogens is 206 g/mol. The van der Waals surface area contributed by atoms with Gasteiger partial charge in [-0.15, -0.1) is 5.10 Å². The lowest BCUT2D eigenvalue weighted by Crippen LogP contribution is -2.39. The summed E-state index contributed by atoms with van der Waals surface area (Å²) in [5.41, 5.74) is 3.73. The normalized spacial score (nSPS) is 15.0. The van der Waals surface area contributed by atoms with E-state index >= 15 is 0 Å². The molecule has 0 bridgehead atoms. The van der Waals surface area contributed by atoms with E-state index in [9.17, 15) is 0 Å². The number of aryl methyl sites for hydroxylation is 1. The first-order valence-corrected chi connectivity index (χ1v) is 5.66. The summed E-state index contributed by atoms with van der Waals surface area (Å²) in [6.07, 6.45) is 3.77. The molecule has 1 aromatic rings. The molecule has 6 heteroatoms. The van der Waals surface area contributed by atoms with E-state index in [1.165, 1.54) is 0 Å². The number of nitrogens with two attached hydrogens (primary N) is 1. The zero-order valence-corrected chi connectivity index (χ0v) is 10.2. The van der Waals surface area contributed by atoms with Crippen molar-refractivity contribution in [2.45, 2.75) is 38.8 Å². The number of hydrogen-bond acceptors (Lipinski definition) is 5. The van der Waals surface area contributed by atoms with Gasteiger partial charge in [0.2, 0.25) is 0 Å². The first kappa shape index (κ1) is 13.1. The van der Waals surface area contributed by atoms with Crippen molar-refractivity contribution in [1.82, 2.24) is 20.4 Å². The fourth-order valence-electron chi connectivity index (χ4n) is 1.81. The number of ether oxygens (including phenoxy) is 1. The average molecular weight is 227 g/mol. The van der Waals surface area contributed by atoms with Gasteiger partial charge in [-0.25, -0.2) is 5.43 Å². The average Bonchev–Trinajstić information content (AvgIpc) is 2.67. The van der Waals surface area contributed by atoms with Crippen LogP contribution in [0.2, 0.25) is 0 Å². The van der Waals surface area contributed by atoms with E-state index in [1.54, 1.807) is 10.9 Å². The predicted molar refractivity (Wildman–Crippen MR) is 61.4 cm³/mol. The fourth-order valence-corrected chi connectivity index (χ4v) is 1.81. The molecule has 6 nitrogen and oxygen atoms in total. The molecular formula is C10H21N5O. The first-order chi connectivity index (χ1) is 7.74. The zero-order valence-electron chi connectivity index (χ0n) is 10.2. The van der Waals surface area contributed by atoms with Crippen LogP contribution in [0, 0.1) is 0 Å². The van der Waals surface area contributed by atoms with Gasteiger partial charge in [0.15, 0.2) is 0 Å². The molecule has 2 unspecified atom stereocenters. The molecule has 0 radical (unpaired) electrons. The van der Waals surface area contributed by atoms with Crippen LogP contribution in [0.3, 0.4) is 0 Å². The maximum Gasteiger partial charge on any atom is 0.0906 e. The molecule has 3 N–H and O–H groups in total. The Morgan fingerprint density at radius 2 is 2.31 bits per heavy atom. The van der Waals surface area contributed by atoms with E-state index in [-0.39, 0.29) is 12.1 Å². The quantitative estimate of drug-likeness (QED) is 0.524. The Bertz CT molecular complexity index is 295. The van der Waals surface area contributed by atoms with Crippen LogP contribution in [0.25, 0.3) is 0 Å². The van der Waals surface area contributed by atoms with Crippen molar-refractivity contribution in [3.8, 4) is 0 Å². The lowest BCUT2D eigenvalue weighted by molar-refractivity contribution is 0.0256. The molecule has 16 heavy (non-hydrogen) atoms. The summed E-state index contributed by atoms with van der Waals surface area (Å²) in [7, 11) is 1.85. The van der Waals surface area contributed by atoms with Crippen LogP contribution in [0.15, 0.2) is 6.20 Å². The maximum absolute atomic E-state index is 5.70. The second-order valence-corrected chi connectivity index (χ2v) is 3.71. The molecule has 1 aromatic heterocycles. The summed E-state index contributed by atoms with van der Waals surface area (Å²) in [5, 5.41) is 7.76. The topological polar surface area (TPSA) is 78.0 Å². The van der Waals surface area contributed by atoms with Crippen molar-refractivity contribution in [3.05, 3.63) is 11.9 Å². The lowest BCUT2D eigenvalue weighted by atomic mass is 10.0. The minimum absolute atomic E-state index is 0.0530. The molecule has 0 aliphatic rings. The SMILES string of the molecule is CCCC(OCC)C(NN)c1cnnn1C. The Balaban J connectivity index is 2.81. The van der Waals surface area contributed by atoms with E-state index in [1.807, 2.05) is 14.0 Å². The number of rotatable bonds is 7. The summed E-state index contributed by atoms with van der Waals surface area (Å²) in [6.45, 7) is 4.78. The highest BCUT2D eigenvalue weighted by Crippen LogP contribution is 2.20. The van der Waals surface area contributed by atoms with E-state index in [0.29, 0.717) is 6.61 Å². The van der Waals surface area contributed by atoms with Gasteiger partial charge in [-0.3, -0.25) is 10.5 Å². The predicted octanol–water partition coefficient (Wildman–Crippen LogP) is 0.525. The minimum Gasteiger partial charge on any atom is -0.376 e. The standard InChI is InChI=1S/C10H21N5O/c1-4-6-9(16-5-2)10(13-11)8-7-12-14-15(8)3/h7,9-10,13H,4-6,11H2,1-3H3. The molecule has 1 rings (SSSR count). The Kier molecular flexibility index (Phi) is 5.37. The van der Waals surface area contributed by atoms with E-state index in [2.05, 4.69) is 22.7 Å². The van der Waals surface area contributed by atoms with Crippen molar-refractivity contribution in [2.24, 2.45) is 12.9 Å². The summed E-state index contributed by atoms with van der Waals surface area (Å²) < 4.78 is 7.42. The number of hydrogen-bond donors (Lipinski definition) is 2. The molecule has 0 amide bonds. The summed E-state index contributed by atoms with van der Waals surface area (Å²) in [4.78, 5) is 0. The molecule has 0 saturated heterocycles. The number of nitrogens with one attached hydrogen (secondary N) is 1. The van der Waals surface area contributed by atoms with E-state index in [4.69, 9.17) is 10.6 Å². The lowest BCUT2D eigenvalue weighted by Gasteiger charge is -2.25. The fraction of sp³-hybridized carbons (Fsp3) is 0.800. The summed E-state index contributed by atoms with van der Waals surface area (Å²) >= 11 is 0. The van der Waals surface area contributed by atoms with Crippen molar-refractivity contribution >= 4 is 0 Å². The van der Waals surface area contributed by atoms with Crippen LogP contribution in [0.4, 0.5) is 0 Å². The van der Waals surface area contributed by atoms with Crippen LogP contribution in [0.1, 0.15) is 38.4 Å². The highest BCUT2D eigenvalue weighted by molar-refractivity contribution is 5.04. The molecule has 0 saturated carbocycles. The molecule has 0 aromatic carbocycles.